The molecule has 6 heteroatoms. The van der Waals surface area contributed by atoms with Crippen LogP contribution in [0.4, 0.5) is 0 Å². The van der Waals surface area contributed by atoms with Crippen LogP contribution >= 0.6 is 11.3 Å². The number of carbonyl (C=O) groups is 1. The van der Waals surface area contributed by atoms with E-state index in [1.165, 1.54) is 0 Å². The Hall–Kier alpha value is -1.40. The first kappa shape index (κ1) is 9.17. The lowest BCUT2D eigenvalue weighted by molar-refractivity contribution is -0.110. The molecule has 5 nitrogen and oxygen atoms in total. The Balaban J connectivity index is 2.40. The number of aliphatic hydroxyl groups is 1. The molecule has 2 rings (SSSR count). The second-order valence-corrected chi connectivity index (χ2v) is 3.67. The zero-order valence-corrected chi connectivity index (χ0v) is 8.07. The number of fused-ring (bicyclic) bond motifs is 1. The van der Waals surface area contributed by atoms with Gasteiger partial charge in [-0.15, -0.1) is 11.3 Å². The van der Waals surface area contributed by atoms with E-state index >= 15 is 0 Å². The van der Waals surface area contributed by atoms with Crippen molar-refractivity contribution in [3.05, 3.63) is 23.6 Å². The summed E-state index contributed by atoms with van der Waals surface area (Å²) in [4.78, 5) is 15.4. The van der Waals surface area contributed by atoms with E-state index in [4.69, 9.17) is 5.11 Å². The third-order valence-corrected chi connectivity index (χ3v) is 2.76. The molecule has 0 spiro atoms. The molecule has 1 atom stereocenters. The Labute approximate surface area is 84.0 Å². The Kier molecular flexibility index (Phi) is 2.47. The van der Waals surface area contributed by atoms with Crippen molar-refractivity contribution in [3.63, 3.8) is 0 Å². The van der Waals surface area contributed by atoms with Crippen LogP contribution in [-0.2, 0) is 4.79 Å². The Morgan fingerprint density at radius 1 is 1.79 bits per heavy atom. The lowest BCUT2D eigenvalue weighted by Crippen LogP contribution is -2.24. The summed E-state index contributed by atoms with van der Waals surface area (Å²) in [5.41, 5.74) is 0. The number of carbonyl (C=O) groups excluding carboxylic acids is 1. The zero-order valence-electron chi connectivity index (χ0n) is 7.25. The van der Waals surface area contributed by atoms with Gasteiger partial charge in [0, 0.05) is 11.6 Å². The van der Waals surface area contributed by atoms with Crippen LogP contribution in [0.15, 0.2) is 17.8 Å². The lowest BCUT2D eigenvalue weighted by Gasteiger charge is -2.10. The number of hydrogen-bond acceptors (Lipinski definition) is 4. The van der Waals surface area contributed by atoms with E-state index in [1.807, 2.05) is 16.0 Å². The maximum atomic E-state index is 10.3. The van der Waals surface area contributed by atoms with Gasteiger partial charge in [-0.1, -0.05) is 0 Å². The number of hydrogen-bond donors (Lipinski definition) is 2. The number of nitrogens with zero attached hydrogens (tertiary/aromatic N) is 2. The fourth-order valence-electron chi connectivity index (χ4n) is 1.31. The van der Waals surface area contributed by atoms with Gasteiger partial charge in [0.2, 0.25) is 6.41 Å². The van der Waals surface area contributed by atoms with Gasteiger partial charge in [0.05, 0.1) is 12.8 Å². The molecule has 14 heavy (non-hydrogen) atoms. The van der Waals surface area contributed by atoms with Crippen LogP contribution in [-0.4, -0.2) is 27.5 Å². The molecule has 0 unspecified atom stereocenters. The van der Waals surface area contributed by atoms with Gasteiger partial charge >= 0.3 is 0 Å². The van der Waals surface area contributed by atoms with Crippen molar-refractivity contribution in [1.29, 1.82) is 0 Å². The molecule has 0 saturated heterocycles. The van der Waals surface area contributed by atoms with Crippen LogP contribution in [0.5, 0.6) is 0 Å². The predicted octanol–water partition coefficient (Wildman–Crippen LogP) is 0.175. The van der Waals surface area contributed by atoms with Gasteiger partial charge in [-0.05, 0) is 0 Å². The van der Waals surface area contributed by atoms with Crippen molar-refractivity contribution in [3.8, 4) is 0 Å². The monoisotopic (exact) mass is 211 g/mol. The van der Waals surface area contributed by atoms with E-state index in [9.17, 15) is 4.79 Å². The first-order valence-corrected chi connectivity index (χ1v) is 4.95. The molecular weight excluding hydrogens is 202 g/mol. The topological polar surface area (TPSA) is 66.6 Å². The maximum absolute atomic E-state index is 10.3. The molecule has 0 saturated carbocycles. The minimum absolute atomic E-state index is 0.159. The van der Waals surface area contributed by atoms with E-state index in [1.54, 1.807) is 17.5 Å². The Bertz CT molecular complexity index is 436. The van der Waals surface area contributed by atoms with Crippen LogP contribution in [0.3, 0.4) is 0 Å². The molecule has 2 aromatic heterocycles. The first-order valence-electron chi connectivity index (χ1n) is 4.08. The number of nitrogens with one attached hydrogen (secondary N) is 1. The van der Waals surface area contributed by atoms with Crippen LogP contribution in [0.2, 0.25) is 0 Å². The summed E-state index contributed by atoms with van der Waals surface area (Å²) in [5.74, 6) is 0.649. The van der Waals surface area contributed by atoms with Crippen molar-refractivity contribution >= 4 is 22.6 Å². The number of amides is 1. The summed E-state index contributed by atoms with van der Waals surface area (Å²) >= 11 is 1.56. The second kappa shape index (κ2) is 3.77. The molecule has 0 aliphatic heterocycles. The molecule has 0 aromatic carbocycles. The molecule has 0 radical (unpaired) electrons. The van der Waals surface area contributed by atoms with Crippen LogP contribution in [0, 0.1) is 0 Å². The molecule has 0 bridgehead atoms. The third kappa shape index (κ3) is 1.38. The minimum atomic E-state index is -0.440. The third-order valence-electron chi connectivity index (χ3n) is 1.95. The standard InChI is InChI=1S/C8H9N3O2S/c12-4-6(10-5-13)8-9-3-7-11(8)1-2-14-7/h1-3,5-6,12H,4H2,(H,10,13)/t6-/m0/s1. The van der Waals surface area contributed by atoms with E-state index in [-0.39, 0.29) is 6.61 Å². The van der Waals surface area contributed by atoms with Gasteiger partial charge < -0.3 is 10.4 Å². The summed E-state index contributed by atoms with van der Waals surface area (Å²) in [7, 11) is 0. The quantitative estimate of drug-likeness (QED) is 0.709. The smallest absolute Gasteiger partial charge is 0.207 e. The van der Waals surface area contributed by atoms with Crippen molar-refractivity contribution in [2.45, 2.75) is 6.04 Å². The molecule has 2 heterocycles. The average molecular weight is 211 g/mol. The van der Waals surface area contributed by atoms with Gasteiger partial charge in [-0.2, -0.15) is 0 Å². The van der Waals surface area contributed by atoms with Crippen LogP contribution in [0.1, 0.15) is 11.9 Å². The second-order valence-electron chi connectivity index (χ2n) is 2.75. The number of rotatable bonds is 4. The Morgan fingerprint density at radius 3 is 3.36 bits per heavy atom. The zero-order chi connectivity index (χ0) is 9.97. The molecule has 0 fully saturated rings. The van der Waals surface area contributed by atoms with Crippen molar-refractivity contribution in [2.75, 3.05) is 6.61 Å². The molecular formula is C8H9N3O2S. The summed E-state index contributed by atoms with van der Waals surface area (Å²) in [6.07, 6.45) is 4.14. The predicted molar refractivity (Wildman–Crippen MR) is 52.1 cm³/mol. The van der Waals surface area contributed by atoms with E-state index < -0.39 is 6.04 Å². The van der Waals surface area contributed by atoms with Crippen LogP contribution < -0.4 is 5.32 Å². The summed E-state index contributed by atoms with van der Waals surface area (Å²) in [6, 6.07) is -0.440. The maximum Gasteiger partial charge on any atom is 0.207 e. The molecule has 0 aliphatic rings. The van der Waals surface area contributed by atoms with E-state index in [0.29, 0.717) is 12.2 Å². The van der Waals surface area contributed by atoms with Gasteiger partial charge in [0.25, 0.3) is 0 Å². The molecule has 2 N–H and O–H groups in total. The van der Waals surface area contributed by atoms with Gasteiger partial charge in [0.15, 0.2) is 0 Å². The summed E-state index contributed by atoms with van der Waals surface area (Å²) in [5, 5.41) is 13.5. The van der Waals surface area contributed by atoms with Gasteiger partial charge in [-0.3, -0.25) is 9.20 Å². The first-order chi connectivity index (χ1) is 6.86. The number of aromatic nitrogens is 2. The highest BCUT2D eigenvalue weighted by Gasteiger charge is 2.15. The highest BCUT2D eigenvalue weighted by molar-refractivity contribution is 7.15. The van der Waals surface area contributed by atoms with E-state index in [0.717, 1.165) is 4.83 Å². The summed E-state index contributed by atoms with van der Waals surface area (Å²) < 4.78 is 1.85. The highest BCUT2D eigenvalue weighted by atomic mass is 32.1. The van der Waals surface area contributed by atoms with Crippen LogP contribution in [0.25, 0.3) is 4.83 Å². The lowest BCUT2D eigenvalue weighted by atomic mass is 10.3. The average Bonchev–Trinajstić information content (AvgIpc) is 2.75. The summed E-state index contributed by atoms with van der Waals surface area (Å²) in [6.45, 7) is -0.159. The van der Waals surface area contributed by atoms with Gasteiger partial charge in [-0.25, -0.2) is 4.98 Å². The van der Waals surface area contributed by atoms with E-state index in [2.05, 4.69) is 10.3 Å². The fourth-order valence-corrected chi connectivity index (χ4v) is 2.01. The largest absolute Gasteiger partial charge is 0.394 e. The number of aliphatic hydroxyl groups excluding tert-OH is 1. The molecule has 2 aromatic rings. The molecule has 1 amide bonds. The normalized spacial score (nSPS) is 12.9. The number of imidazole rings is 1. The van der Waals surface area contributed by atoms with Crippen molar-refractivity contribution < 1.29 is 9.90 Å². The minimum Gasteiger partial charge on any atom is -0.394 e. The highest BCUT2D eigenvalue weighted by Crippen LogP contribution is 2.17. The van der Waals surface area contributed by atoms with Crippen molar-refractivity contribution in [1.82, 2.24) is 14.7 Å². The SMILES string of the molecule is O=CN[C@@H](CO)c1ncc2sccn12. The molecule has 74 valence electrons. The Morgan fingerprint density at radius 2 is 2.64 bits per heavy atom. The number of thiazole rings is 1. The van der Waals surface area contributed by atoms with Crippen molar-refractivity contribution in [2.24, 2.45) is 0 Å². The van der Waals surface area contributed by atoms with Gasteiger partial charge in [0.1, 0.15) is 16.7 Å². The molecule has 0 aliphatic carbocycles. The fraction of sp³-hybridized carbons (Fsp3) is 0.250.